The van der Waals surface area contributed by atoms with E-state index in [-0.39, 0.29) is 6.04 Å². The zero-order valence-electron chi connectivity index (χ0n) is 9.44. The highest BCUT2D eigenvalue weighted by molar-refractivity contribution is 5.15. The summed E-state index contributed by atoms with van der Waals surface area (Å²) in [4.78, 5) is 0. The Morgan fingerprint density at radius 1 is 1.73 bits per heavy atom. The van der Waals surface area contributed by atoms with Crippen molar-refractivity contribution in [3.8, 4) is 0 Å². The van der Waals surface area contributed by atoms with Gasteiger partial charge < -0.3 is 10.5 Å². The van der Waals surface area contributed by atoms with Crippen LogP contribution in [0.2, 0.25) is 0 Å². The molecule has 0 aromatic carbocycles. The number of hydrogen-bond donors (Lipinski definition) is 1. The molecule has 4 heteroatoms. The second kappa shape index (κ2) is 4.33. The van der Waals surface area contributed by atoms with Crippen molar-refractivity contribution in [3.63, 3.8) is 0 Å². The summed E-state index contributed by atoms with van der Waals surface area (Å²) in [5.41, 5.74) is 8.47. The lowest BCUT2D eigenvalue weighted by atomic mass is 9.97. The second-order valence-electron chi connectivity index (χ2n) is 4.19. The van der Waals surface area contributed by atoms with Crippen molar-refractivity contribution < 1.29 is 4.74 Å². The minimum atomic E-state index is 0.0605. The number of aryl methyl sites for hydroxylation is 2. The van der Waals surface area contributed by atoms with E-state index < -0.39 is 0 Å². The molecule has 0 spiro atoms. The molecule has 15 heavy (non-hydrogen) atoms. The molecule has 1 aliphatic rings. The molecular weight excluding hydrogens is 190 g/mol. The van der Waals surface area contributed by atoms with Crippen LogP contribution >= 0.6 is 0 Å². The van der Waals surface area contributed by atoms with Crippen LogP contribution in [0.1, 0.15) is 30.8 Å². The first-order valence-electron chi connectivity index (χ1n) is 5.58. The molecule has 0 aliphatic carbocycles. The van der Waals surface area contributed by atoms with Crippen molar-refractivity contribution >= 4 is 0 Å². The molecule has 0 radical (unpaired) electrons. The van der Waals surface area contributed by atoms with Gasteiger partial charge in [0, 0.05) is 19.6 Å². The van der Waals surface area contributed by atoms with E-state index in [4.69, 9.17) is 10.5 Å². The van der Waals surface area contributed by atoms with Crippen molar-refractivity contribution in [1.29, 1.82) is 0 Å². The highest BCUT2D eigenvalue weighted by atomic mass is 16.5. The zero-order valence-corrected chi connectivity index (χ0v) is 9.44. The van der Waals surface area contributed by atoms with Gasteiger partial charge in [-0.25, -0.2) is 0 Å². The van der Waals surface area contributed by atoms with Crippen LogP contribution in [-0.4, -0.2) is 23.0 Å². The van der Waals surface area contributed by atoms with Gasteiger partial charge in [-0.05, 0) is 18.9 Å². The third-order valence-electron chi connectivity index (χ3n) is 3.14. The first-order chi connectivity index (χ1) is 7.22. The molecule has 4 nitrogen and oxygen atoms in total. The molecular formula is C11H19N3O. The van der Waals surface area contributed by atoms with Crippen LogP contribution in [0.15, 0.2) is 6.07 Å². The van der Waals surface area contributed by atoms with E-state index in [9.17, 15) is 0 Å². The molecule has 84 valence electrons. The van der Waals surface area contributed by atoms with E-state index in [1.54, 1.807) is 0 Å². The highest BCUT2D eigenvalue weighted by Gasteiger charge is 2.26. The van der Waals surface area contributed by atoms with Gasteiger partial charge in [0.1, 0.15) is 0 Å². The SMILES string of the molecule is CCc1cc(C(N)C2CCOC2)n(C)n1. The van der Waals surface area contributed by atoms with Gasteiger partial charge in [-0.15, -0.1) is 0 Å². The molecule has 2 unspecified atom stereocenters. The van der Waals surface area contributed by atoms with E-state index in [0.717, 1.165) is 37.4 Å². The number of ether oxygens (including phenoxy) is 1. The van der Waals surface area contributed by atoms with Crippen LogP contribution in [0.3, 0.4) is 0 Å². The second-order valence-corrected chi connectivity index (χ2v) is 4.19. The van der Waals surface area contributed by atoms with E-state index in [1.165, 1.54) is 0 Å². The fourth-order valence-electron chi connectivity index (χ4n) is 2.11. The van der Waals surface area contributed by atoms with Crippen molar-refractivity contribution in [1.82, 2.24) is 9.78 Å². The number of nitrogens with zero attached hydrogens (tertiary/aromatic N) is 2. The smallest absolute Gasteiger partial charge is 0.0625 e. The molecule has 2 rings (SSSR count). The summed E-state index contributed by atoms with van der Waals surface area (Å²) in [5, 5.41) is 4.42. The van der Waals surface area contributed by atoms with Crippen molar-refractivity contribution in [3.05, 3.63) is 17.5 Å². The van der Waals surface area contributed by atoms with Gasteiger partial charge >= 0.3 is 0 Å². The lowest BCUT2D eigenvalue weighted by Gasteiger charge is -2.17. The average Bonchev–Trinajstić information content (AvgIpc) is 2.85. The van der Waals surface area contributed by atoms with E-state index in [0.29, 0.717) is 5.92 Å². The van der Waals surface area contributed by atoms with Gasteiger partial charge in [0.25, 0.3) is 0 Å². The van der Waals surface area contributed by atoms with Crippen molar-refractivity contribution in [2.45, 2.75) is 25.8 Å². The van der Waals surface area contributed by atoms with Gasteiger partial charge in [0.05, 0.1) is 24.0 Å². The van der Waals surface area contributed by atoms with Crippen LogP contribution in [0, 0.1) is 5.92 Å². The Kier molecular flexibility index (Phi) is 3.07. The fourth-order valence-corrected chi connectivity index (χ4v) is 2.11. The first kappa shape index (κ1) is 10.6. The largest absolute Gasteiger partial charge is 0.381 e. The summed E-state index contributed by atoms with van der Waals surface area (Å²) in [6, 6.07) is 2.17. The maximum Gasteiger partial charge on any atom is 0.0625 e. The van der Waals surface area contributed by atoms with Crippen LogP contribution in [0.5, 0.6) is 0 Å². The Hall–Kier alpha value is -0.870. The summed E-state index contributed by atoms with van der Waals surface area (Å²) < 4.78 is 7.27. The summed E-state index contributed by atoms with van der Waals surface area (Å²) in [6.07, 6.45) is 2.02. The Bertz CT molecular complexity index is 329. The predicted molar refractivity (Wildman–Crippen MR) is 58.4 cm³/mol. The third kappa shape index (κ3) is 2.06. The summed E-state index contributed by atoms with van der Waals surface area (Å²) in [6.45, 7) is 3.74. The summed E-state index contributed by atoms with van der Waals surface area (Å²) in [7, 11) is 1.96. The molecule has 0 bridgehead atoms. The molecule has 1 aromatic heterocycles. The van der Waals surface area contributed by atoms with Gasteiger partial charge in [0.2, 0.25) is 0 Å². The molecule has 1 fully saturated rings. The topological polar surface area (TPSA) is 53.1 Å². The van der Waals surface area contributed by atoms with Crippen LogP contribution in [0.25, 0.3) is 0 Å². The Morgan fingerprint density at radius 2 is 2.53 bits per heavy atom. The van der Waals surface area contributed by atoms with Gasteiger partial charge in [-0.1, -0.05) is 6.92 Å². The number of hydrogen-bond acceptors (Lipinski definition) is 3. The number of aromatic nitrogens is 2. The molecule has 1 aliphatic heterocycles. The van der Waals surface area contributed by atoms with Gasteiger partial charge in [0.15, 0.2) is 0 Å². The Labute approximate surface area is 90.4 Å². The lowest BCUT2D eigenvalue weighted by molar-refractivity contribution is 0.180. The van der Waals surface area contributed by atoms with Crippen molar-refractivity contribution in [2.24, 2.45) is 18.7 Å². The van der Waals surface area contributed by atoms with Crippen LogP contribution in [0.4, 0.5) is 0 Å². The van der Waals surface area contributed by atoms with Gasteiger partial charge in [-0.3, -0.25) is 4.68 Å². The molecule has 0 saturated carbocycles. The fraction of sp³-hybridized carbons (Fsp3) is 0.727. The zero-order chi connectivity index (χ0) is 10.8. The standard InChI is InChI=1S/C11H19N3O/c1-3-9-6-10(14(2)13-9)11(12)8-4-5-15-7-8/h6,8,11H,3-5,7,12H2,1-2H3. The maximum absolute atomic E-state index is 6.23. The van der Waals surface area contributed by atoms with E-state index in [2.05, 4.69) is 18.1 Å². The number of rotatable bonds is 3. The molecule has 2 atom stereocenters. The number of nitrogens with two attached hydrogens (primary N) is 1. The average molecular weight is 209 g/mol. The summed E-state index contributed by atoms with van der Waals surface area (Å²) in [5.74, 6) is 0.449. The molecule has 2 heterocycles. The molecule has 1 saturated heterocycles. The van der Waals surface area contributed by atoms with Crippen molar-refractivity contribution in [2.75, 3.05) is 13.2 Å². The molecule has 0 amide bonds. The Balaban J connectivity index is 2.16. The lowest BCUT2D eigenvalue weighted by Crippen LogP contribution is -2.24. The monoisotopic (exact) mass is 209 g/mol. The molecule has 1 aromatic rings. The van der Waals surface area contributed by atoms with Gasteiger partial charge in [-0.2, -0.15) is 5.10 Å². The quantitative estimate of drug-likeness (QED) is 0.808. The van der Waals surface area contributed by atoms with Crippen LogP contribution in [-0.2, 0) is 18.2 Å². The van der Waals surface area contributed by atoms with E-state index in [1.807, 2.05) is 11.7 Å². The minimum absolute atomic E-state index is 0.0605. The Morgan fingerprint density at radius 3 is 3.07 bits per heavy atom. The normalized spacial score (nSPS) is 23.3. The third-order valence-corrected chi connectivity index (χ3v) is 3.14. The van der Waals surface area contributed by atoms with E-state index >= 15 is 0 Å². The maximum atomic E-state index is 6.23. The predicted octanol–water partition coefficient (Wildman–Crippen LogP) is 1.02. The van der Waals surface area contributed by atoms with Crippen LogP contribution < -0.4 is 5.73 Å². The minimum Gasteiger partial charge on any atom is -0.381 e. The summed E-state index contributed by atoms with van der Waals surface area (Å²) >= 11 is 0. The molecule has 2 N–H and O–H groups in total. The highest BCUT2D eigenvalue weighted by Crippen LogP contribution is 2.26. The first-order valence-corrected chi connectivity index (χ1v) is 5.58.